The van der Waals surface area contributed by atoms with E-state index in [9.17, 15) is 4.79 Å². The van der Waals surface area contributed by atoms with Crippen LogP contribution in [0.4, 0.5) is 5.69 Å². The Morgan fingerprint density at radius 2 is 1.78 bits per heavy atom. The molecule has 23 heavy (non-hydrogen) atoms. The maximum absolute atomic E-state index is 12.3. The molecule has 0 aliphatic rings. The van der Waals surface area contributed by atoms with Gasteiger partial charge in [0.2, 0.25) is 0 Å². The van der Waals surface area contributed by atoms with Crippen molar-refractivity contribution in [2.45, 2.75) is 6.42 Å². The van der Waals surface area contributed by atoms with E-state index in [1.165, 1.54) is 0 Å². The van der Waals surface area contributed by atoms with Gasteiger partial charge in [-0.2, -0.15) is 0 Å². The lowest BCUT2D eigenvalue weighted by Crippen LogP contribution is -2.12. The summed E-state index contributed by atoms with van der Waals surface area (Å²) < 4.78 is 15.9. The molecule has 2 rings (SSSR count). The molecule has 0 saturated carbocycles. The van der Waals surface area contributed by atoms with Crippen LogP contribution in [0.1, 0.15) is 16.8 Å². The van der Waals surface area contributed by atoms with Crippen LogP contribution < -0.4 is 14.8 Å². The molecule has 122 valence electrons. The molecule has 0 radical (unpaired) electrons. The smallest absolute Gasteiger partial charge is 0.255 e. The molecule has 0 spiro atoms. The van der Waals surface area contributed by atoms with E-state index in [1.54, 1.807) is 32.4 Å². The van der Waals surface area contributed by atoms with Gasteiger partial charge in [-0.25, -0.2) is 0 Å². The van der Waals surface area contributed by atoms with Gasteiger partial charge in [0, 0.05) is 31.4 Å². The predicted molar refractivity (Wildman–Crippen MR) is 89.4 cm³/mol. The third kappa shape index (κ3) is 5.00. The lowest BCUT2D eigenvalue weighted by Gasteiger charge is -2.12. The van der Waals surface area contributed by atoms with Gasteiger partial charge in [-0.15, -0.1) is 0 Å². The van der Waals surface area contributed by atoms with Crippen LogP contribution in [-0.2, 0) is 4.74 Å². The summed E-state index contributed by atoms with van der Waals surface area (Å²) in [5.74, 6) is 0.948. The fraction of sp³-hybridized carbons (Fsp3) is 0.278. The minimum atomic E-state index is -0.194. The molecule has 5 heteroatoms. The van der Waals surface area contributed by atoms with E-state index < -0.39 is 0 Å². The summed E-state index contributed by atoms with van der Waals surface area (Å²) >= 11 is 0. The Labute approximate surface area is 136 Å². The average Bonchev–Trinajstić information content (AvgIpc) is 2.59. The molecule has 0 bridgehead atoms. The van der Waals surface area contributed by atoms with E-state index in [2.05, 4.69) is 5.32 Å². The average molecular weight is 315 g/mol. The monoisotopic (exact) mass is 315 g/mol. The standard InChI is InChI=1S/C18H21NO4/c1-21-11-6-12-23-17-13-14(9-10-16(17)22-2)18(20)19-15-7-4-3-5-8-15/h3-5,7-10,13H,6,11-12H2,1-2H3,(H,19,20). The SMILES string of the molecule is COCCCOc1cc(C(=O)Nc2ccccc2)ccc1OC. The van der Waals surface area contributed by atoms with Crippen molar-refractivity contribution in [3.63, 3.8) is 0 Å². The third-order valence-corrected chi connectivity index (χ3v) is 3.21. The van der Waals surface area contributed by atoms with Crippen molar-refractivity contribution in [2.75, 3.05) is 32.8 Å². The number of methoxy groups -OCH3 is 2. The molecule has 0 fully saturated rings. The zero-order valence-corrected chi connectivity index (χ0v) is 13.4. The van der Waals surface area contributed by atoms with Crippen LogP contribution in [0, 0.1) is 0 Å². The van der Waals surface area contributed by atoms with Gasteiger partial charge in [0.1, 0.15) is 0 Å². The Morgan fingerprint density at radius 1 is 1.00 bits per heavy atom. The molecule has 0 aliphatic carbocycles. The second-order valence-electron chi connectivity index (χ2n) is 4.88. The summed E-state index contributed by atoms with van der Waals surface area (Å²) in [5.41, 5.74) is 1.26. The molecular weight excluding hydrogens is 294 g/mol. The number of ether oxygens (including phenoxy) is 3. The zero-order chi connectivity index (χ0) is 16.5. The number of nitrogens with one attached hydrogen (secondary N) is 1. The first kappa shape index (κ1) is 16.8. The molecule has 0 atom stereocenters. The summed E-state index contributed by atoms with van der Waals surface area (Å²) in [7, 11) is 3.22. The summed E-state index contributed by atoms with van der Waals surface area (Å²) in [4.78, 5) is 12.3. The number of para-hydroxylation sites is 1. The minimum Gasteiger partial charge on any atom is -0.493 e. The van der Waals surface area contributed by atoms with Crippen molar-refractivity contribution >= 4 is 11.6 Å². The number of anilines is 1. The first-order valence-corrected chi connectivity index (χ1v) is 7.40. The molecule has 2 aromatic carbocycles. The van der Waals surface area contributed by atoms with Crippen LogP contribution in [0.2, 0.25) is 0 Å². The van der Waals surface area contributed by atoms with Crippen molar-refractivity contribution in [1.29, 1.82) is 0 Å². The highest BCUT2D eigenvalue weighted by Crippen LogP contribution is 2.28. The minimum absolute atomic E-state index is 0.194. The fourth-order valence-electron chi connectivity index (χ4n) is 2.04. The van der Waals surface area contributed by atoms with E-state index in [-0.39, 0.29) is 5.91 Å². The lowest BCUT2D eigenvalue weighted by molar-refractivity contribution is 0.102. The number of amides is 1. The van der Waals surface area contributed by atoms with Gasteiger partial charge in [-0.1, -0.05) is 18.2 Å². The molecule has 0 aromatic heterocycles. The summed E-state index contributed by atoms with van der Waals surface area (Å²) in [6, 6.07) is 14.4. The van der Waals surface area contributed by atoms with Crippen molar-refractivity contribution in [2.24, 2.45) is 0 Å². The van der Waals surface area contributed by atoms with Crippen LogP contribution in [0.5, 0.6) is 11.5 Å². The van der Waals surface area contributed by atoms with Crippen LogP contribution in [0.3, 0.4) is 0 Å². The molecule has 0 saturated heterocycles. The van der Waals surface area contributed by atoms with Gasteiger partial charge in [-0.3, -0.25) is 4.79 Å². The highest BCUT2D eigenvalue weighted by molar-refractivity contribution is 6.04. The highest BCUT2D eigenvalue weighted by atomic mass is 16.5. The van der Waals surface area contributed by atoms with Crippen LogP contribution in [0.25, 0.3) is 0 Å². The maximum atomic E-state index is 12.3. The Morgan fingerprint density at radius 3 is 2.48 bits per heavy atom. The molecule has 1 amide bonds. The number of rotatable bonds is 8. The first-order chi connectivity index (χ1) is 11.2. The highest BCUT2D eigenvalue weighted by Gasteiger charge is 2.11. The van der Waals surface area contributed by atoms with Crippen LogP contribution in [0.15, 0.2) is 48.5 Å². The van der Waals surface area contributed by atoms with Gasteiger partial charge in [0.05, 0.1) is 13.7 Å². The second kappa shape index (κ2) is 8.80. The number of hydrogen-bond acceptors (Lipinski definition) is 4. The van der Waals surface area contributed by atoms with E-state index in [1.807, 2.05) is 30.3 Å². The van der Waals surface area contributed by atoms with Crippen molar-refractivity contribution < 1.29 is 19.0 Å². The fourth-order valence-corrected chi connectivity index (χ4v) is 2.04. The number of benzene rings is 2. The van der Waals surface area contributed by atoms with Crippen LogP contribution >= 0.6 is 0 Å². The summed E-state index contributed by atoms with van der Waals surface area (Å²) in [6.07, 6.45) is 0.764. The largest absolute Gasteiger partial charge is 0.493 e. The Balaban J connectivity index is 2.08. The van der Waals surface area contributed by atoms with E-state index in [4.69, 9.17) is 14.2 Å². The summed E-state index contributed by atoms with van der Waals surface area (Å²) in [5, 5.41) is 2.84. The van der Waals surface area contributed by atoms with Gasteiger partial charge in [0.15, 0.2) is 11.5 Å². The Kier molecular flexibility index (Phi) is 6.44. The quantitative estimate of drug-likeness (QED) is 0.759. The van der Waals surface area contributed by atoms with Gasteiger partial charge >= 0.3 is 0 Å². The molecule has 0 aliphatic heterocycles. The number of hydrogen-bond donors (Lipinski definition) is 1. The number of carbonyl (C=O) groups is 1. The summed E-state index contributed by atoms with van der Waals surface area (Å²) in [6.45, 7) is 1.12. The van der Waals surface area contributed by atoms with Crippen molar-refractivity contribution in [3.8, 4) is 11.5 Å². The Bertz CT molecular complexity index is 628. The van der Waals surface area contributed by atoms with E-state index in [0.717, 1.165) is 12.1 Å². The van der Waals surface area contributed by atoms with Crippen molar-refractivity contribution in [3.05, 3.63) is 54.1 Å². The number of carbonyl (C=O) groups excluding carboxylic acids is 1. The van der Waals surface area contributed by atoms with Gasteiger partial charge < -0.3 is 19.5 Å². The molecule has 0 heterocycles. The van der Waals surface area contributed by atoms with Crippen molar-refractivity contribution in [1.82, 2.24) is 0 Å². The third-order valence-electron chi connectivity index (χ3n) is 3.21. The molecular formula is C18H21NO4. The normalized spacial score (nSPS) is 10.2. The second-order valence-corrected chi connectivity index (χ2v) is 4.88. The maximum Gasteiger partial charge on any atom is 0.255 e. The Hall–Kier alpha value is -2.53. The zero-order valence-electron chi connectivity index (χ0n) is 13.4. The van der Waals surface area contributed by atoms with E-state index >= 15 is 0 Å². The van der Waals surface area contributed by atoms with Gasteiger partial charge in [0.25, 0.3) is 5.91 Å². The van der Waals surface area contributed by atoms with Crippen LogP contribution in [-0.4, -0.2) is 33.3 Å². The molecule has 5 nitrogen and oxygen atoms in total. The molecule has 1 N–H and O–H groups in total. The first-order valence-electron chi connectivity index (χ1n) is 7.40. The van der Waals surface area contributed by atoms with Gasteiger partial charge in [-0.05, 0) is 30.3 Å². The molecule has 2 aromatic rings. The lowest BCUT2D eigenvalue weighted by atomic mass is 10.2. The molecule has 0 unspecified atom stereocenters. The van der Waals surface area contributed by atoms with E-state index in [0.29, 0.717) is 30.3 Å². The predicted octanol–water partition coefficient (Wildman–Crippen LogP) is 3.36. The topological polar surface area (TPSA) is 56.8 Å².